The third-order valence-electron chi connectivity index (χ3n) is 6.03. The molecule has 2 heterocycles. The van der Waals surface area contributed by atoms with Crippen LogP contribution in [0.25, 0.3) is 5.57 Å². The molecule has 0 radical (unpaired) electrons. The zero-order valence-corrected chi connectivity index (χ0v) is 20.3. The average Bonchev–Trinajstić information content (AvgIpc) is 3.59. The highest BCUT2D eigenvalue weighted by atomic mass is 32.2. The lowest BCUT2D eigenvalue weighted by Crippen LogP contribution is -2.35. The molecule has 1 saturated heterocycles. The van der Waals surface area contributed by atoms with Gasteiger partial charge in [0.25, 0.3) is 10.0 Å². The van der Waals surface area contributed by atoms with Crippen molar-refractivity contribution in [3.63, 3.8) is 0 Å². The molecule has 0 spiro atoms. The molecule has 4 rings (SSSR count). The molecule has 1 aromatic heterocycles. The van der Waals surface area contributed by atoms with Gasteiger partial charge >= 0.3 is 6.03 Å². The van der Waals surface area contributed by atoms with Gasteiger partial charge < -0.3 is 20.5 Å². The van der Waals surface area contributed by atoms with Crippen molar-refractivity contribution in [2.75, 3.05) is 25.6 Å². The fourth-order valence-electron chi connectivity index (χ4n) is 4.32. The Kier molecular flexibility index (Phi) is 7.27. The van der Waals surface area contributed by atoms with Gasteiger partial charge in [-0.1, -0.05) is 30.9 Å². The number of aromatic nitrogens is 2. The number of urea groups is 1. The number of carbonyl (C=O) groups is 1. The maximum atomic E-state index is 12.9. The molecule has 2 amide bonds. The summed E-state index contributed by atoms with van der Waals surface area (Å²) in [6.45, 7) is 4.83. The lowest BCUT2D eigenvalue weighted by Gasteiger charge is -2.17. The lowest BCUT2D eigenvalue weighted by atomic mass is 9.96. The van der Waals surface area contributed by atoms with Crippen LogP contribution >= 0.6 is 0 Å². The number of hydrogen-bond acceptors (Lipinski definition) is 7. The monoisotopic (exact) mass is 499 g/mol. The number of carbonyl (C=O) groups excluding carboxylic acids is 1. The van der Waals surface area contributed by atoms with E-state index in [2.05, 4.69) is 21.7 Å². The van der Waals surface area contributed by atoms with E-state index < -0.39 is 16.1 Å². The van der Waals surface area contributed by atoms with Crippen LogP contribution in [0, 0.1) is 0 Å². The molecule has 11 heteroatoms. The van der Waals surface area contributed by atoms with E-state index >= 15 is 0 Å². The SMILES string of the molecule is C=C/C=C(\C=C(/N)OC)c1ccc2c(c1NC(=O)NS(=O)(=O)c1ccn(C3CCOC3)n1)CCC2. The molecular formula is C24H29N5O5S. The zero-order valence-electron chi connectivity index (χ0n) is 19.5. The highest BCUT2D eigenvalue weighted by Crippen LogP contribution is 2.36. The second-order valence-electron chi connectivity index (χ2n) is 8.30. The number of hydrogen-bond donors (Lipinski definition) is 3. The number of benzene rings is 1. The number of ether oxygens (including phenoxy) is 2. The predicted molar refractivity (Wildman–Crippen MR) is 132 cm³/mol. The van der Waals surface area contributed by atoms with Crippen LogP contribution in [-0.4, -0.2) is 44.6 Å². The van der Waals surface area contributed by atoms with E-state index in [1.165, 1.54) is 13.2 Å². The Balaban J connectivity index is 1.61. The number of nitrogens with one attached hydrogen (secondary N) is 2. The summed E-state index contributed by atoms with van der Waals surface area (Å²) >= 11 is 0. The maximum absolute atomic E-state index is 12.9. The van der Waals surface area contributed by atoms with Crippen LogP contribution in [0.2, 0.25) is 0 Å². The van der Waals surface area contributed by atoms with Gasteiger partial charge in [-0.2, -0.15) is 13.5 Å². The predicted octanol–water partition coefficient (Wildman–Crippen LogP) is 2.86. The fourth-order valence-corrected chi connectivity index (χ4v) is 5.16. The highest BCUT2D eigenvalue weighted by Gasteiger charge is 2.26. The summed E-state index contributed by atoms with van der Waals surface area (Å²) in [6, 6.07) is 4.33. The van der Waals surface area contributed by atoms with Crippen molar-refractivity contribution in [2.45, 2.75) is 36.8 Å². The van der Waals surface area contributed by atoms with E-state index in [4.69, 9.17) is 15.2 Å². The number of fused-ring (bicyclic) bond motifs is 1. The van der Waals surface area contributed by atoms with Crippen LogP contribution in [0.15, 0.2) is 60.1 Å². The quantitative estimate of drug-likeness (QED) is 0.375. The molecule has 4 N–H and O–H groups in total. The molecule has 1 aliphatic carbocycles. The summed E-state index contributed by atoms with van der Waals surface area (Å²) in [5.74, 6) is 0.180. The van der Waals surface area contributed by atoms with E-state index in [0.29, 0.717) is 30.0 Å². The summed E-state index contributed by atoms with van der Waals surface area (Å²) in [4.78, 5) is 12.9. The molecule has 1 unspecified atom stereocenters. The van der Waals surface area contributed by atoms with E-state index in [9.17, 15) is 13.2 Å². The van der Waals surface area contributed by atoms with Gasteiger partial charge in [0.15, 0.2) is 10.9 Å². The van der Waals surface area contributed by atoms with Crippen molar-refractivity contribution < 1.29 is 22.7 Å². The van der Waals surface area contributed by atoms with Crippen molar-refractivity contribution in [1.29, 1.82) is 0 Å². The van der Waals surface area contributed by atoms with Gasteiger partial charge in [0.05, 0.1) is 25.4 Å². The van der Waals surface area contributed by atoms with Gasteiger partial charge in [0.2, 0.25) is 0 Å². The van der Waals surface area contributed by atoms with Gasteiger partial charge in [-0.3, -0.25) is 4.68 Å². The molecule has 2 aliphatic rings. The molecule has 186 valence electrons. The number of aryl methyl sites for hydroxylation is 1. The minimum atomic E-state index is -4.19. The Morgan fingerprint density at radius 2 is 2.17 bits per heavy atom. The smallest absolute Gasteiger partial charge is 0.333 e. The first kappa shape index (κ1) is 24.6. The Hall–Kier alpha value is -3.57. The number of methoxy groups -OCH3 is 1. The standard InChI is InChI=1S/C24H29N5O5S/c1-3-5-17(14-21(25)33-2)20-9-8-16-6-4-7-19(16)23(20)26-24(30)28-35(31,32)22-10-12-29(27-22)18-11-13-34-15-18/h3,5,8-10,12,14,18H,1,4,6-7,11,13,15,25H2,2H3,(H2,26,28,30)/b17-5+,21-14+. The van der Waals surface area contributed by atoms with Gasteiger partial charge in [-0.25, -0.2) is 9.52 Å². The van der Waals surface area contributed by atoms with Gasteiger partial charge in [-0.05, 0) is 48.4 Å². The summed E-state index contributed by atoms with van der Waals surface area (Å²) in [7, 11) is -2.73. The van der Waals surface area contributed by atoms with Crippen LogP contribution in [0.4, 0.5) is 10.5 Å². The molecule has 1 atom stereocenters. The molecule has 1 fully saturated rings. The maximum Gasteiger partial charge on any atom is 0.333 e. The topological polar surface area (TPSA) is 138 Å². The number of nitrogens with two attached hydrogens (primary N) is 1. The van der Waals surface area contributed by atoms with Gasteiger partial charge in [-0.15, -0.1) is 0 Å². The number of allylic oxidation sites excluding steroid dienone is 4. The first-order chi connectivity index (χ1) is 16.8. The number of sulfonamides is 1. The normalized spacial score (nSPS) is 18.3. The van der Waals surface area contributed by atoms with Crippen molar-refractivity contribution in [1.82, 2.24) is 14.5 Å². The van der Waals surface area contributed by atoms with E-state index in [1.807, 2.05) is 12.1 Å². The third-order valence-corrected chi connectivity index (χ3v) is 7.25. The van der Waals surface area contributed by atoms with Crippen molar-refractivity contribution in [2.24, 2.45) is 5.73 Å². The molecular weight excluding hydrogens is 470 g/mol. The van der Waals surface area contributed by atoms with Crippen molar-refractivity contribution >= 4 is 27.3 Å². The number of amides is 2. The highest BCUT2D eigenvalue weighted by molar-refractivity contribution is 7.90. The van der Waals surface area contributed by atoms with Crippen LogP contribution in [0.3, 0.4) is 0 Å². The molecule has 1 aliphatic heterocycles. The Labute approximate surface area is 204 Å². The number of rotatable bonds is 8. The van der Waals surface area contributed by atoms with E-state index in [0.717, 1.165) is 36.8 Å². The molecule has 10 nitrogen and oxygen atoms in total. The van der Waals surface area contributed by atoms with Crippen LogP contribution < -0.4 is 15.8 Å². The molecule has 35 heavy (non-hydrogen) atoms. The lowest BCUT2D eigenvalue weighted by molar-refractivity contribution is 0.184. The van der Waals surface area contributed by atoms with Crippen LogP contribution in [0.5, 0.6) is 0 Å². The van der Waals surface area contributed by atoms with Crippen LogP contribution in [0.1, 0.15) is 35.6 Å². The van der Waals surface area contributed by atoms with Gasteiger partial charge in [0, 0.05) is 24.4 Å². The van der Waals surface area contributed by atoms with Crippen molar-refractivity contribution in [3.8, 4) is 0 Å². The molecule has 0 bridgehead atoms. The van der Waals surface area contributed by atoms with Crippen LogP contribution in [-0.2, 0) is 32.3 Å². The average molecular weight is 500 g/mol. The summed E-state index contributed by atoms with van der Waals surface area (Å²) in [5.41, 5.74) is 9.78. The second kappa shape index (κ2) is 10.4. The fraction of sp³-hybridized carbons (Fsp3) is 0.333. The summed E-state index contributed by atoms with van der Waals surface area (Å²) in [5, 5.41) is 6.67. The largest absolute Gasteiger partial charge is 0.483 e. The van der Waals surface area contributed by atoms with E-state index in [1.54, 1.807) is 29.1 Å². The second-order valence-corrected chi connectivity index (χ2v) is 9.93. The third kappa shape index (κ3) is 5.41. The molecule has 1 aromatic carbocycles. The molecule has 2 aromatic rings. The number of anilines is 1. The Bertz CT molecular complexity index is 1290. The minimum absolute atomic E-state index is 0.0232. The summed E-state index contributed by atoms with van der Waals surface area (Å²) in [6.07, 6.45) is 9.85. The Morgan fingerprint density at radius 1 is 1.34 bits per heavy atom. The zero-order chi connectivity index (χ0) is 25.0. The number of nitrogens with zero attached hydrogens (tertiary/aromatic N) is 2. The molecule has 0 saturated carbocycles. The summed E-state index contributed by atoms with van der Waals surface area (Å²) < 4.78 is 39.8. The van der Waals surface area contributed by atoms with E-state index in [-0.39, 0.29) is 17.0 Å². The van der Waals surface area contributed by atoms with Gasteiger partial charge in [0.1, 0.15) is 0 Å². The minimum Gasteiger partial charge on any atom is -0.483 e. The Morgan fingerprint density at radius 3 is 2.89 bits per heavy atom. The first-order valence-electron chi connectivity index (χ1n) is 11.3. The first-order valence-corrected chi connectivity index (χ1v) is 12.8. The van der Waals surface area contributed by atoms with Crippen molar-refractivity contribution in [3.05, 3.63) is 71.8 Å².